The Kier molecular flexibility index (Phi) is 8.50. The average molecular weight is 454 g/mol. The van der Waals surface area contributed by atoms with Crippen LogP contribution in [0.5, 0.6) is 5.75 Å². The molecule has 0 aromatic heterocycles. The standard InChI is InChI=1S/C22H26F3N3O2S/c1-6-14(3)18(12-28(5)19(29)7-2)27-21-20(26-13-31-21)15(4)16-8-10-17(11-9-16)30-22(23,24)25/h8-11,13H,6-7,12H2,1-5H3/b18-14?,20-15-,27-21?. The summed E-state index contributed by atoms with van der Waals surface area (Å²) >= 11 is 1.37. The number of allylic oxidation sites excluding steroid dienone is 2. The van der Waals surface area contributed by atoms with E-state index < -0.39 is 6.36 Å². The largest absolute Gasteiger partial charge is 0.573 e. The molecule has 0 bridgehead atoms. The number of alkyl halides is 3. The van der Waals surface area contributed by atoms with E-state index in [9.17, 15) is 18.0 Å². The van der Waals surface area contributed by atoms with Gasteiger partial charge in [0.1, 0.15) is 10.8 Å². The Morgan fingerprint density at radius 3 is 2.35 bits per heavy atom. The van der Waals surface area contributed by atoms with Crippen molar-refractivity contribution in [1.29, 1.82) is 0 Å². The van der Waals surface area contributed by atoms with Crippen LogP contribution in [0, 0.1) is 0 Å². The molecule has 0 fully saturated rings. The van der Waals surface area contributed by atoms with Gasteiger partial charge in [-0.1, -0.05) is 43.3 Å². The van der Waals surface area contributed by atoms with Crippen molar-refractivity contribution in [2.24, 2.45) is 9.98 Å². The molecule has 1 amide bonds. The molecule has 0 spiro atoms. The monoisotopic (exact) mass is 453 g/mol. The topological polar surface area (TPSA) is 54.3 Å². The van der Waals surface area contributed by atoms with Gasteiger partial charge < -0.3 is 9.64 Å². The Morgan fingerprint density at radius 2 is 1.81 bits per heavy atom. The smallest absolute Gasteiger partial charge is 0.406 e. The van der Waals surface area contributed by atoms with Crippen LogP contribution in [0.1, 0.15) is 46.1 Å². The van der Waals surface area contributed by atoms with Gasteiger partial charge in [-0.05, 0) is 43.5 Å². The van der Waals surface area contributed by atoms with Crippen LogP contribution in [0.25, 0.3) is 5.57 Å². The molecule has 168 valence electrons. The fourth-order valence-electron chi connectivity index (χ4n) is 2.79. The van der Waals surface area contributed by atoms with Crippen molar-refractivity contribution in [2.75, 3.05) is 13.6 Å². The summed E-state index contributed by atoms with van der Waals surface area (Å²) < 4.78 is 41.1. The highest BCUT2D eigenvalue weighted by atomic mass is 32.2. The number of carbonyl (C=O) groups excluding carboxylic acids is 1. The van der Waals surface area contributed by atoms with Crippen molar-refractivity contribution in [3.63, 3.8) is 0 Å². The van der Waals surface area contributed by atoms with E-state index in [1.807, 2.05) is 27.7 Å². The van der Waals surface area contributed by atoms with Crippen molar-refractivity contribution in [3.8, 4) is 5.75 Å². The highest BCUT2D eigenvalue weighted by Crippen LogP contribution is 2.31. The minimum atomic E-state index is -4.73. The van der Waals surface area contributed by atoms with Crippen LogP contribution in [0.2, 0.25) is 0 Å². The first-order valence-electron chi connectivity index (χ1n) is 9.83. The lowest BCUT2D eigenvalue weighted by Gasteiger charge is -2.18. The van der Waals surface area contributed by atoms with Crippen molar-refractivity contribution >= 4 is 33.8 Å². The fourth-order valence-corrected chi connectivity index (χ4v) is 3.53. The highest BCUT2D eigenvalue weighted by Gasteiger charge is 2.31. The lowest BCUT2D eigenvalue weighted by atomic mass is 10.1. The lowest BCUT2D eigenvalue weighted by Crippen LogP contribution is -2.28. The van der Waals surface area contributed by atoms with E-state index in [1.165, 1.54) is 23.9 Å². The minimum Gasteiger partial charge on any atom is -0.406 e. The molecule has 5 nitrogen and oxygen atoms in total. The quantitative estimate of drug-likeness (QED) is 0.506. The number of ether oxygens (including phenoxy) is 1. The molecule has 0 saturated carbocycles. The molecule has 31 heavy (non-hydrogen) atoms. The molecule has 0 atom stereocenters. The molecular weight excluding hydrogens is 427 g/mol. The molecule has 1 aliphatic heterocycles. The average Bonchev–Trinajstić information content (AvgIpc) is 3.18. The predicted molar refractivity (Wildman–Crippen MR) is 120 cm³/mol. The van der Waals surface area contributed by atoms with Gasteiger partial charge in [-0.2, -0.15) is 0 Å². The molecule has 9 heteroatoms. The van der Waals surface area contributed by atoms with Crippen LogP contribution in [0.3, 0.4) is 0 Å². The SMILES string of the molecule is CCC(=O)N(C)CC(N=C1SC=N/C1=C(/C)c1ccc(OC(F)(F)F)cc1)=C(C)CC. The number of nitrogens with zero attached hydrogens (tertiary/aromatic N) is 3. The van der Waals surface area contributed by atoms with Gasteiger partial charge in [0.05, 0.1) is 23.5 Å². The minimum absolute atomic E-state index is 0.0324. The van der Waals surface area contributed by atoms with Gasteiger partial charge in [-0.25, -0.2) is 9.98 Å². The zero-order chi connectivity index (χ0) is 23.2. The van der Waals surface area contributed by atoms with E-state index in [1.54, 1.807) is 29.6 Å². The van der Waals surface area contributed by atoms with Crippen molar-refractivity contribution in [2.45, 2.75) is 46.9 Å². The van der Waals surface area contributed by atoms with E-state index in [4.69, 9.17) is 4.99 Å². The zero-order valence-electron chi connectivity index (χ0n) is 18.2. The van der Waals surface area contributed by atoms with Crippen LogP contribution < -0.4 is 4.74 Å². The third-order valence-electron chi connectivity index (χ3n) is 4.80. The molecule has 1 aliphatic rings. The van der Waals surface area contributed by atoms with Crippen molar-refractivity contribution < 1.29 is 22.7 Å². The normalized spacial score (nSPS) is 17.6. The number of amides is 1. The summed E-state index contributed by atoms with van der Waals surface area (Å²) in [4.78, 5) is 22.9. The Labute approximate surface area is 184 Å². The third-order valence-corrected chi connectivity index (χ3v) is 5.52. The highest BCUT2D eigenvalue weighted by molar-refractivity contribution is 8.26. The van der Waals surface area contributed by atoms with Gasteiger partial charge in [-0.3, -0.25) is 4.79 Å². The summed E-state index contributed by atoms with van der Waals surface area (Å²) in [6.07, 6.45) is -3.51. The first-order chi connectivity index (χ1) is 14.6. The van der Waals surface area contributed by atoms with Gasteiger partial charge in [-0.15, -0.1) is 13.2 Å². The van der Waals surface area contributed by atoms with Gasteiger partial charge in [0.15, 0.2) is 0 Å². The van der Waals surface area contributed by atoms with E-state index in [0.29, 0.717) is 29.3 Å². The summed E-state index contributed by atoms with van der Waals surface area (Å²) in [7, 11) is 1.75. The van der Waals surface area contributed by atoms with Crippen LogP contribution in [-0.4, -0.2) is 41.4 Å². The number of thioether (sulfide) groups is 1. The second-order valence-corrected chi connectivity index (χ2v) is 7.83. The molecular formula is C22H26F3N3O2S. The molecule has 2 rings (SSSR count). The fraction of sp³-hybridized carbons (Fsp3) is 0.409. The Morgan fingerprint density at radius 1 is 1.16 bits per heavy atom. The lowest BCUT2D eigenvalue weighted by molar-refractivity contribution is -0.274. The molecule has 0 saturated heterocycles. The number of hydrogen-bond acceptors (Lipinski definition) is 5. The number of rotatable bonds is 7. The maximum atomic E-state index is 12.4. The maximum absolute atomic E-state index is 12.4. The number of benzene rings is 1. The Balaban J connectivity index is 2.35. The molecule has 0 N–H and O–H groups in total. The second-order valence-electron chi connectivity index (χ2n) is 7.00. The maximum Gasteiger partial charge on any atom is 0.573 e. The predicted octanol–water partition coefficient (Wildman–Crippen LogP) is 6.04. The molecule has 0 unspecified atom stereocenters. The first kappa shape index (κ1) is 24.7. The summed E-state index contributed by atoms with van der Waals surface area (Å²) in [6.45, 7) is 8.07. The van der Waals surface area contributed by atoms with Crippen molar-refractivity contribution in [3.05, 3.63) is 46.8 Å². The van der Waals surface area contributed by atoms with E-state index in [-0.39, 0.29) is 11.7 Å². The van der Waals surface area contributed by atoms with Gasteiger partial charge in [0, 0.05) is 13.5 Å². The van der Waals surface area contributed by atoms with Gasteiger partial charge >= 0.3 is 6.36 Å². The van der Waals surface area contributed by atoms with Crippen LogP contribution in [0.15, 0.2) is 51.2 Å². The molecule has 1 aromatic rings. The molecule has 1 aromatic carbocycles. The van der Waals surface area contributed by atoms with E-state index in [0.717, 1.165) is 23.3 Å². The number of hydrogen-bond donors (Lipinski definition) is 0. The van der Waals surface area contributed by atoms with E-state index >= 15 is 0 Å². The number of halogens is 3. The summed E-state index contributed by atoms with van der Waals surface area (Å²) in [5.74, 6) is -0.246. The molecule has 1 heterocycles. The summed E-state index contributed by atoms with van der Waals surface area (Å²) in [5, 5.41) is 0.688. The van der Waals surface area contributed by atoms with Gasteiger partial charge in [0.2, 0.25) is 5.91 Å². The zero-order valence-corrected chi connectivity index (χ0v) is 19.0. The molecule has 0 radical (unpaired) electrons. The second kappa shape index (κ2) is 10.7. The van der Waals surface area contributed by atoms with Crippen molar-refractivity contribution in [1.82, 2.24) is 4.90 Å². The number of likely N-dealkylation sites (N-methyl/N-ethyl adjacent to an activating group) is 1. The summed E-state index contributed by atoms with van der Waals surface area (Å²) in [5.41, 5.74) is 5.71. The van der Waals surface area contributed by atoms with Crippen LogP contribution >= 0.6 is 11.8 Å². The first-order valence-corrected chi connectivity index (χ1v) is 10.7. The van der Waals surface area contributed by atoms with Crippen LogP contribution in [-0.2, 0) is 4.79 Å². The van der Waals surface area contributed by atoms with E-state index in [2.05, 4.69) is 9.73 Å². The number of carbonyl (C=O) groups is 1. The molecule has 0 aliphatic carbocycles. The number of aliphatic imine (C=N–C) groups is 2. The summed E-state index contributed by atoms with van der Waals surface area (Å²) in [6, 6.07) is 5.66. The third kappa shape index (κ3) is 6.99. The Bertz CT molecular complexity index is 932. The van der Waals surface area contributed by atoms with Crippen LogP contribution in [0.4, 0.5) is 13.2 Å². The van der Waals surface area contributed by atoms with Gasteiger partial charge in [0.25, 0.3) is 0 Å². The Hall–Kier alpha value is -2.55.